The van der Waals surface area contributed by atoms with E-state index in [-0.39, 0.29) is 18.4 Å². The molecule has 1 rings (SSSR count). The number of carbonyl (C=O) groups excluding carboxylic acids is 1. The van der Waals surface area contributed by atoms with Gasteiger partial charge in [-0.05, 0) is 29.7 Å². The maximum absolute atomic E-state index is 11.0. The molecule has 0 fully saturated rings. The molecule has 2 N–H and O–H groups in total. The van der Waals surface area contributed by atoms with Crippen molar-refractivity contribution in [2.45, 2.75) is 18.9 Å². The first-order valence-electron chi connectivity index (χ1n) is 5.21. The lowest BCUT2D eigenvalue weighted by atomic mass is 9.98. The Balaban J connectivity index is 2.96. The molecule has 0 radical (unpaired) electrons. The topological polar surface area (TPSA) is 83.8 Å². The molecule has 0 aliphatic carbocycles. The molecule has 1 atom stereocenters. The van der Waals surface area contributed by atoms with Crippen molar-refractivity contribution in [3.8, 4) is 0 Å². The number of aliphatic hydroxyl groups excluding tert-OH is 1. The van der Waals surface area contributed by atoms with Crippen molar-refractivity contribution in [2.24, 2.45) is 0 Å². The fourth-order valence-electron chi connectivity index (χ4n) is 1.52. The normalized spacial score (nSPS) is 11.9. The van der Waals surface area contributed by atoms with Crippen LogP contribution in [0.5, 0.6) is 0 Å². The summed E-state index contributed by atoms with van der Waals surface area (Å²) in [4.78, 5) is 21.8. The van der Waals surface area contributed by atoms with E-state index < -0.39 is 18.0 Å². The van der Waals surface area contributed by atoms with Gasteiger partial charge in [-0.1, -0.05) is 17.7 Å². The van der Waals surface area contributed by atoms with Crippen molar-refractivity contribution in [1.82, 2.24) is 0 Å². The van der Waals surface area contributed by atoms with Gasteiger partial charge >= 0.3 is 11.9 Å². The second-order valence-electron chi connectivity index (χ2n) is 3.66. The lowest BCUT2D eigenvalue weighted by Crippen LogP contribution is -2.13. The summed E-state index contributed by atoms with van der Waals surface area (Å²) in [6.45, 7) is 0. The Labute approximate surface area is 109 Å². The van der Waals surface area contributed by atoms with Crippen LogP contribution in [0, 0.1) is 0 Å². The molecule has 18 heavy (non-hydrogen) atoms. The third-order valence-corrected chi connectivity index (χ3v) is 2.70. The standard InChI is InChI=1S/C12H13ClO5/c1-18-10(14)5-3-7-2-4-8(13)6-9(7)11(15)12(16)17/h2,4,6,11,15H,3,5H2,1H3,(H,16,17). The molecule has 0 amide bonds. The van der Waals surface area contributed by atoms with Gasteiger partial charge in [0.05, 0.1) is 7.11 Å². The van der Waals surface area contributed by atoms with Gasteiger partial charge in [-0.3, -0.25) is 4.79 Å². The molecule has 1 aromatic carbocycles. The number of rotatable bonds is 5. The third kappa shape index (κ3) is 3.72. The van der Waals surface area contributed by atoms with Gasteiger partial charge in [-0.2, -0.15) is 0 Å². The molecule has 1 unspecified atom stereocenters. The van der Waals surface area contributed by atoms with E-state index in [2.05, 4.69) is 4.74 Å². The Morgan fingerprint density at radius 2 is 2.11 bits per heavy atom. The minimum Gasteiger partial charge on any atom is -0.479 e. The predicted octanol–water partition coefficient (Wildman–Crippen LogP) is 1.56. The fraction of sp³-hybridized carbons (Fsp3) is 0.333. The molecule has 1 aromatic rings. The third-order valence-electron chi connectivity index (χ3n) is 2.46. The molecular formula is C12H13ClO5. The Hall–Kier alpha value is -1.59. The summed E-state index contributed by atoms with van der Waals surface area (Å²) in [5.74, 6) is -1.77. The Kier molecular flexibility index (Phi) is 5.12. The summed E-state index contributed by atoms with van der Waals surface area (Å²) < 4.78 is 4.50. The van der Waals surface area contributed by atoms with Gasteiger partial charge in [-0.15, -0.1) is 0 Å². The number of halogens is 1. The molecule has 98 valence electrons. The van der Waals surface area contributed by atoms with Crippen molar-refractivity contribution in [3.63, 3.8) is 0 Å². The van der Waals surface area contributed by atoms with Crippen molar-refractivity contribution in [1.29, 1.82) is 0 Å². The zero-order chi connectivity index (χ0) is 13.7. The summed E-state index contributed by atoms with van der Waals surface area (Å²) in [6, 6.07) is 4.55. The molecule has 0 spiro atoms. The highest BCUT2D eigenvalue weighted by atomic mass is 35.5. The van der Waals surface area contributed by atoms with Crippen LogP contribution in [0.15, 0.2) is 18.2 Å². The number of carboxylic acid groups (broad SMARTS) is 1. The van der Waals surface area contributed by atoms with Crippen molar-refractivity contribution in [2.75, 3.05) is 7.11 Å². The lowest BCUT2D eigenvalue weighted by Gasteiger charge is -2.12. The average molecular weight is 273 g/mol. The van der Waals surface area contributed by atoms with E-state index in [9.17, 15) is 14.7 Å². The molecular weight excluding hydrogens is 260 g/mol. The second kappa shape index (κ2) is 6.37. The van der Waals surface area contributed by atoms with Crippen LogP contribution in [0.2, 0.25) is 5.02 Å². The van der Waals surface area contributed by atoms with Gasteiger partial charge in [0.2, 0.25) is 0 Å². The first-order valence-corrected chi connectivity index (χ1v) is 5.59. The quantitative estimate of drug-likeness (QED) is 0.795. The highest BCUT2D eigenvalue weighted by Gasteiger charge is 2.20. The predicted molar refractivity (Wildman–Crippen MR) is 64.4 cm³/mol. The molecule has 6 heteroatoms. The number of hydrogen-bond donors (Lipinski definition) is 2. The van der Waals surface area contributed by atoms with Gasteiger partial charge in [0.1, 0.15) is 0 Å². The Bertz CT molecular complexity index is 458. The summed E-state index contributed by atoms with van der Waals surface area (Å²) in [5.41, 5.74) is 0.749. The first-order chi connectivity index (χ1) is 8.45. The monoisotopic (exact) mass is 272 g/mol. The number of carbonyl (C=O) groups is 2. The molecule has 0 aliphatic heterocycles. The average Bonchev–Trinajstić information content (AvgIpc) is 2.35. The molecule has 0 aromatic heterocycles. The van der Waals surface area contributed by atoms with E-state index in [1.54, 1.807) is 12.1 Å². The van der Waals surface area contributed by atoms with Gasteiger partial charge in [0.25, 0.3) is 0 Å². The minimum absolute atomic E-state index is 0.109. The summed E-state index contributed by atoms with van der Waals surface area (Å²) in [6.07, 6.45) is -1.27. The zero-order valence-corrected chi connectivity index (χ0v) is 10.5. The zero-order valence-electron chi connectivity index (χ0n) is 9.72. The first kappa shape index (κ1) is 14.5. The maximum Gasteiger partial charge on any atom is 0.337 e. The van der Waals surface area contributed by atoms with Gasteiger partial charge in [-0.25, -0.2) is 4.79 Å². The highest BCUT2D eigenvalue weighted by molar-refractivity contribution is 6.30. The van der Waals surface area contributed by atoms with Crippen LogP contribution in [0.4, 0.5) is 0 Å². The van der Waals surface area contributed by atoms with Gasteiger partial charge < -0.3 is 14.9 Å². The van der Waals surface area contributed by atoms with E-state index in [1.165, 1.54) is 13.2 Å². The molecule has 0 bridgehead atoms. The van der Waals surface area contributed by atoms with E-state index in [1.807, 2.05) is 0 Å². The van der Waals surface area contributed by atoms with Crippen molar-refractivity contribution < 1.29 is 24.5 Å². The Morgan fingerprint density at radius 3 is 2.67 bits per heavy atom. The highest BCUT2D eigenvalue weighted by Crippen LogP contribution is 2.24. The molecule has 0 heterocycles. The summed E-state index contributed by atoms with van der Waals surface area (Å²) in [5, 5.41) is 18.7. The minimum atomic E-state index is -1.66. The summed E-state index contributed by atoms with van der Waals surface area (Å²) >= 11 is 5.76. The van der Waals surface area contributed by atoms with E-state index in [4.69, 9.17) is 16.7 Å². The number of esters is 1. The van der Waals surface area contributed by atoms with E-state index in [0.717, 1.165) is 0 Å². The van der Waals surface area contributed by atoms with Gasteiger partial charge in [0.15, 0.2) is 6.10 Å². The van der Waals surface area contributed by atoms with Crippen molar-refractivity contribution in [3.05, 3.63) is 34.3 Å². The molecule has 0 saturated carbocycles. The Morgan fingerprint density at radius 1 is 1.44 bits per heavy atom. The molecule has 5 nitrogen and oxygen atoms in total. The van der Waals surface area contributed by atoms with Crippen LogP contribution < -0.4 is 0 Å². The lowest BCUT2D eigenvalue weighted by molar-refractivity contribution is -0.147. The van der Waals surface area contributed by atoms with Crippen LogP contribution in [0.1, 0.15) is 23.7 Å². The number of methoxy groups -OCH3 is 1. The van der Waals surface area contributed by atoms with E-state index >= 15 is 0 Å². The molecule has 0 saturated heterocycles. The number of aliphatic hydroxyl groups is 1. The van der Waals surface area contributed by atoms with Crippen LogP contribution in [-0.2, 0) is 20.7 Å². The number of carboxylic acids is 1. The maximum atomic E-state index is 11.0. The fourth-order valence-corrected chi connectivity index (χ4v) is 1.70. The van der Waals surface area contributed by atoms with Crippen LogP contribution >= 0.6 is 11.6 Å². The number of aliphatic carboxylic acids is 1. The van der Waals surface area contributed by atoms with Crippen LogP contribution in [0.3, 0.4) is 0 Å². The number of aryl methyl sites for hydroxylation is 1. The second-order valence-corrected chi connectivity index (χ2v) is 4.10. The molecule has 0 aliphatic rings. The van der Waals surface area contributed by atoms with E-state index in [0.29, 0.717) is 10.6 Å². The number of benzene rings is 1. The number of hydrogen-bond acceptors (Lipinski definition) is 4. The van der Waals surface area contributed by atoms with Crippen LogP contribution in [-0.4, -0.2) is 29.3 Å². The largest absolute Gasteiger partial charge is 0.479 e. The van der Waals surface area contributed by atoms with Crippen LogP contribution in [0.25, 0.3) is 0 Å². The van der Waals surface area contributed by atoms with Gasteiger partial charge in [0, 0.05) is 11.4 Å². The smallest absolute Gasteiger partial charge is 0.337 e. The van der Waals surface area contributed by atoms with Crippen molar-refractivity contribution >= 4 is 23.5 Å². The number of ether oxygens (including phenoxy) is 1. The SMILES string of the molecule is COC(=O)CCc1ccc(Cl)cc1C(O)C(=O)O. The summed E-state index contributed by atoms with van der Waals surface area (Å²) in [7, 11) is 1.28.